The van der Waals surface area contributed by atoms with Crippen LogP contribution in [0.1, 0.15) is 34.8 Å². The van der Waals surface area contributed by atoms with Gasteiger partial charge >= 0.3 is 0 Å². The van der Waals surface area contributed by atoms with E-state index in [-0.39, 0.29) is 11.9 Å². The predicted molar refractivity (Wildman–Crippen MR) is 76.5 cm³/mol. The number of benzene rings is 1. The fourth-order valence-electron chi connectivity index (χ4n) is 2.61. The van der Waals surface area contributed by atoms with E-state index in [0.29, 0.717) is 12.5 Å². The average Bonchev–Trinajstić information content (AvgIpc) is 2.81. The largest absolute Gasteiger partial charge is 0.393 e. The molecule has 3 heteroatoms. The summed E-state index contributed by atoms with van der Waals surface area (Å²) in [7, 11) is 0. The standard InChI is InChI=1S/C16H23NO2/c1-11-4-5-14(8-12(11)2)16(19)10-17-7-6-15(9-17)13(3)18/h4-5,8,13,15,18H,6-7,9-10H2,1-3H3. The van der Waals surface area contributed by atoms with E-state index < -0.39 is 0 Å². The molecule has 0 saturated carbocycles. The van der Waals surface area contributed by atoms with Crippen molar-refractivity contribution in [3.63, 3.8) is 0 Å². The van der Waals surface area contributed by atoms with Crippen molar-refractivity contribution in [3.05, 3.63) is 34.9 Å². The maximum Gasteiger partial charge on any atom is 0.176 e. The van der Waals surface area contributed by atoms with Gasteiger partial charge in [-0.05, 0) is 56.8 Å². The Labute approximate surface area is 115 Å². The van der Waals surface area contributed by atoms with Crippen LogP contribution in [0.2, 0.25) is 0 Å². The second-order valence-corrected chi connectivity index (χ2v) is 5.75. The maximum absolute atomic E-state index is 12.2. The number of nitrogens with zero attached hydrogens (tertiary/aromatic N) is 1. The van der Waals surface area contributed by atoms with Crippen LogP contribution in [0.4, 0.5) is 0 Å². The number of hydrogen-bond donors (Lipinski definition) is 1. The van der Waals surface area contributed by atoms with Gasteiger partial charge in [0.15, 0.2) is 5.78 Å². The van der Waals surface area contributed by atoms with Crippen molar-refractivity contribution in [2.24, 2.45) is 5.92 Å². The van der Waals surface area contributed by atoms with Crippen LogP contribution in [0.15, 0.2) is 18.2 Å². The normalized spacial score (nSPS) is 21.6. The molecule has 2 unspecified atom stereocenters. The zero-order valence-electron chi connectivity index (χ0n) is 12.0. The van der Waals surface area contributed by atoms with Gasteiger partial charge in [-0.1, -0.05) is 12.1 Å². The highest BCUT2D eigenvalue weighted by atomic mass is 16.3. The summed E-state index contributed by atoms with van der Waals surface area (Å²) in [5.41, 5.74) is 3.17. The molecule has 1 aliphatic rings. The number of carbonyl (C=O) groups excluding carboxylic acids is 1. The Morgan fingerprint density at radius 2 is 2.16 bits per heavy atom. The molecule has 0 spiro atoms. The predicted octanol–water partition coefficient (Wildman–Crippen LogP) is 2.19. The van der Waals surface area contributed by atoms with Gasteiger partial charge in [-0.25, -0.2) is 0 Å². The van der Waals surface area contributed by atoms with Crippen LogP contribution in [0.3, 0.4) is 0 Å². The highest BCUT2D eigenvalue weighted by molar-refractivity contribution is 5.97. The van der Waals surface area contributed by atoms with Gasteiger partial charge < -0.3 is 5.11 Å². The molecular formula is C16H23NO2. The molecule has 0 aliphatic carbocycles. The lowest BCUT2D eigenvalue weighted by molar-refractivity contribution is 0.0925. The fourth-order valence-corrected chi connectivity index (χ4v) is 2.61. The van der Waals surface area contributed by atoms with Crippen molar-refractivity contribution in [3.8, 4) is 0 Å². The van der Waals surface area contributed by atoms with E-state index >= 15 is 0 Å². The second-order valence-electron chi connectivity index (χ2n) is 5.75. The quantitative estimate of drug-likeness (QED) is 0.845. The fraction of sp³-hybridized carbons (Fsp3) is 0.562. The zero-order valence-corrected chi connectivity index (χ0v) is 12.0. The first-order valence-electron chi connectivity index (χ1n) is 6.98. The van der Waals surface area contributed by atoms with E-state index in [2.05, 4.69) is 11.8 Å². The van der Waals surface area contributed by atoms with E-state index in [9.17, 15) is 9.90 Å². The number of aliphatic hydroxyl groups is 1. The Morgan fingerprint density at radius 1 is 1.42 bits per heavy atom. The molecule has 1 N–H and O–H groups in total. The van der Waals surface area contributed by atoms with Crippen LogP contribution < -0.4 is 0 Å². The maximum atomic E-state index is 12.2. The zero-order chi connectivity index (χ0) is 14.0. The highest BCUT2D eigenvalue weighted by Crippen LogP contribution is 2.20. The van der Waals surface area contributed by atoms with Crippen LogP contribution in [0.25, 0.3) is 0 Å². The summed E-state index contributed by atoms with van der Waals surface area (Å²) in [5, 5.41) is 9.58. The molecule has 1 heterocycles. The lowest BCUT2D eigenvalue weighted by Crippen LogP contribution is -2.29. The number of aryl methyl sites for hydroxylation is 2. The van der Waals surface area contributed by atoms with E-state index in [4.69, 9.17) is 0 Å². The van der Waals surface area contributed by atoms with Gasteiger partial charge in [-0.2, -0.15) is 0 Å². The molecule has 19 heavy (non-hydrogen) atoms. The molecule has 2 atom stereocenters. The van der Waals surface area contributed by atoms with Gasteiger partial charge in [-0.15, -0.1) is 0 Å². The molecule has 104 valence electrons. The van der Waals surface area contributed by atoms with Crippen LogP contribution in [0.5, 0.6) is 0 Å². The third kappa shape index (κ3) is 3.43. The monoisotopic (exact) mass is 261 g/mol. The van der Waals surface area contributed by atoms with Gasteiger partial charge in [0.2, 0.25) is 0 Å². The number of Topliss-reactive ketones (excluding diaryl/α,β-unsaturated/α-hetero) is 1. The number of likely N-dealkylation sites (tertiary alicyclic amines) is 1. The van der Waals surface area contributed by atoms with Crippen LogP contribution >= 0.6 is 0 Å². The van der Waals surface area contributed by atoms with E-state index in [1.807, 2.05) is 32.0 Å². The van der Waals surface area contributed by atoms with Crippen LogP contribution in [-0.2, 0) is 0 Å². The Bertz CT molecular complexity index is 468. The SMILES string of the molecule is Cc1ccc(C(=O)CN2CCC(C(C)O)C2)cc1C. The van der Waals surface area contributed by atoms with E-state index in [0.717, 1.165) is 30.6 Å². The van der Waals surface area contributed by atoms with Crippen molar-refractivity contribution in [1.82, 2.24) is 4.90 Å². The number of carbonyl (C=O) groups is 1. The van der Waals surface area contributed by atoms with E-state index in [1.54, 1.807) is 0 Å². The Morgan fingerprint density at radius 3 is 2.74 bits per heavy atom. The van der Waals surface area contributed by atoms with E-state index in [1.165, 1.54) is 5.56 Å². The minimum Gasteiger partial charge on any atom is -0.393 e. The third-order valence-electron chi connectivity index (χ3n) is 4.19. The average molecular weight is 261 g/mol. The van der Waals surface area contributed by atoms with Crippen molar-refractivity contribution >= 4 is 5.78 Å². The van der Waals surface area contributed by atoms with Crippen LogP contribution in [-0.4, -0.2) is 41.5 Å². The Hall–Kier alpha value is -1.19. The molecule has 1 aromatic rings. The molecule has 0 amide bonds. The van der Waals surface area contributed by atoms with Gasteiger partial charge in [0.25, 0.3) is 0 Å². The van der Waals surface area contributed by atoms with Gasteiger partial charge in [0, 0.05) is 12.1 Å². The first-order chi connectivity index (χ1) is 8.97. The number of ketones is 1. The van der Waals surface area contributed by atoms with Gasteiger partial charge in [-0.3, -0.25) is 9.69 Å². The number of hydrogen-bond acceptors (Lipinski definition) is 3. The summed E-state index contributed by atoms with van der Waals surface area (Å²) >= 11 is 0. The number of rotatable bonds is 4. The van der Waals surface area contributed by atoms with Crippen LogP contribution in [0, 0.1) is 19.8 Å². The minimum absolute atomic E-state index is 0.175. The summed E-state index contributed by atoms with van der Waals surface area (Å²) in [6, 6.07) is 5.89. The first kappa shape index (κ1) is 14.2. The van der Waals surface area contributed by atoms with Crippen molar-refractivity contribution < 1.29 is 9.90 Å². The topological polar surface area (TPSA) is 40.5 Å². The van der Waals surface area contributed by atoms with Gasteiger partial charge in [0.1, 0.15) is 0 Å². The molecule has 0 bridgehead atoms. The highest BCUT2D eigenvalue weighted by Gasteiger charge is 2.27. The molecule has 0 aromatic heterocycles. The number of aliphatic hydroxyl groups excluding tert-OH is 1. The summed E-state index contributed by atoms with van der Waals surface area (Å²) in [4.78, 5) is 14.4. The molecule has 0 radical (unpaired) electrons. The van der Waals surface area contributed by atoms with Crippen molar-refractivity contribution in [2.45, 2.75) is 33.3 Å². The Balaban J connectivity index is 1.96. The van der Waals surface area contributed by atoms with Crippen molar-refractivity contribution in [2.75, 3.05) is 19.6 Å². The molecule has 1 saturated heterocycles. The molecular weight excluding hydrogens is 238 g/mol. The minimum atomic E-state index is -0.276. The molecule has 1 fully saturated rings. The molecule has 3 nitrogen and oxygen atoms in total. The lowest BCUT2D eigenvalue weighted by atomic mass is 10.0. The summed E-state index contributed by atoms with van der Waals surface area (Å²) in [6.07, 6.45) is 0.708. The molecule has 2 rings (SSSR count). The summed E-state index contributed by atoms with van der Waals surface area (Å²) in [5.74, 6) is 0.488. The molecule has 1 aromatic carbocycles. The van der Waals surface area contributed by atoms with Crippen molar-refractivity contribution in [1.29, 1.82) is 0 Å². The summed E-state index contributed by atoms with van der Waals surface area (Å²) in [6.45, 7) is 8.12. The lowest BCUT2D eigenvalue weighted by Gasteiger charge is -2.16. The van der Waals surface area contributed by atoms with Gasteiger partial charge in [0.05, 0.1) is 12.6 Å². The third-order valence-corrected chi connectivity index (χ3v) is 4.19. The molecule has 1 aliphatic heterocycles. The first-order valence-corrected chi connectivity index (χ1v) is 6.98. The summed E-state index contributed by atoms with van der Waals surface area (Å²) < 4.78 is 0. The smallest absolute Gasteiger partial charge is 0.176 e. The Kier molecular flexibility index (Phi) is 4.38. The second kappa shape index (κ2) is 5.85.